The van der Waals surface area contributed by atoms with Crippen molar-refractivity contribution in [3.63, 3.8) is 0 Å². The maximum absolute atomic E-state index is 13.3. The molecule has 246 valence electrons. The van der Waals surface area contributed by atoms with Gasteiger partial charge in [-0.05, 0) is 70.3 Å². The van der Waals surface area contributed by atoms with E-state index >= 15 is 0 Å². The summed E-state index contributed by atoms with van der Waals surface area (Å²) in [5, 5.41) is 10.2. The molecule has 2 aromatic heterocycles. The van der Waals surface area contributed by atoms with Gasteiger partial charge >= 0.3 is 6.03 Å². The van der Waals surface area contributed by atoms with Crippen molar-refractivity contribution in [3.05, 3.63) is 65.0 Å². The normalized spacial score (nSPS) is 11.1. The quantitative estimate of drug-likeness (QED) is 0.168. The summed E-state index contributed by atoms with van der Waals surface area (Å²) in [6, 6.07) is 12.3. The fourth-order valence-electron chi connectivity index (χ4n) is 4.97. The highest BCUT2D eigenvalue weighted by atomic mass is 16.5. The topological polar surface area (TPSA) is 162 Å². The van der Waals surface area contributed by atoms with E-state index in [1.165, 1.54) is 7.11 Å². The van der Waals surface area contributed by atoms with Gasteiger partial charge in [0.05, 0.1) is 18.3 Å². The average Bonchev–Trinajstić information content (AvgIpc) is 3.57. The third-order valence-corrected chi connectivity index (χ3v) is 7.28. The predicted octanol–water partition coefficient (Wildman–Crippen LogP) is 3.09. The lowest BCUT2D eigenvalue weighted by atomic mass is 10.1. The number of rotatable bonds is 15. The summed E-state index contributed by atoms with van der Waals surface area (Å²) < 4.78 is 14.8. The molecule has 0 saturated heterocycles. The van der Waals surface area contributed by atoms with Gasteiger partial charge < -0.3 is 34.9 Å². The number of ether oxygens (including phenoxy) is 2. The third kappa shape index (κ3) is 8.33. The lowest BCUT2D eigenvalue weighted by Crippen LogP contribution is -2.37. The molecule has 0 radical (unpaired) electrons. The van der Waals surface area contributed by atoms with Crippen molar-refractivity contribution < 1.29 is 23.9 Å². The Hall–Kier alpha value is -5.11. The number of nitrogens with one attached hydrogen (secondary N) is 2. The van der Waals surface area contributed by atoms with Gasteiger partial charge in [0, 0.05) is 45.3 Å². The van der Waals surface area contributed by atoms with E-state index < -0.39 is 5.91 Å². The summed E-state index contributed by atoms with van der Waals surface area (Å²) in [6.07, 6.45) is 0.510. The number of aromatic nitrogens is 4. The molecule has 2 heterocycles. The van der Waals surface area contributed by atoms with Crippen LogP contribution in [-0.2, 0) is 19.6 Å². The lowest BCUT2D eigenvalue weighted by Gasteiger charge is -2.19. The summed E-state index contributed by atoms with van der Waals surface area (Å²) in [6.45, 7) is 6.76. The first-order valence-electron chi connectivity index (χ1n) is 15.1. The molecule has 4 aromatic rings. The number of carbonyl (C=O) groups excluding carboxylic acids is 3. The molecule has 0 spiro atoms. The van der Waals surface area contributed by atoms with Crippen LogP contribution in [0.25, 0.3) is 11.0 Å². The molecule has 0 atom stereocenters. The highest BCUT2D eigenvalue weighted by Crippen LogP contribution is 2.31. The predicted molar refractivity (Wildman–Crippen MR) is 175 cm³/mol. The van der Waals surface area contributed by atoms with E-state index in [0.29, 0.717) is 61.7 Å². The van der Waals surface area contributed by atoms with Crippen molar-refractivity contribution >= 4 is 34.8 Å². The number of likely N-dealkylation sites (N-methyl/N-ethyl adjacent to an activating group) is 1. The maximum atomic E-state index is 13.3. The zero-order valence-electron chi connectivity index (χ0n) is 27.3. The highest BCUT2D eigenvalue weighted by Gasteiger charge is 2.21. The van der Waals surface area contributed by atoms with E-state index in [1.807, 2.05) is 52.2 Å². The molecule has 0 aliphatic carbocycles. The van der Waals surface area contributed by atoms with Gasteiger partial charge in [0.15, 0.2) is 0 Å². The number of imidazole rings is 1. The second-order valence-electron chi connectivity index (χ2n) is 11.2. The van der Waals surface area contributed by atoms with Gasteiger partial charge in [-0.15, -0.1) is 0 Å². The van der Waals surface area contributed by atoms with Crippen LogP contribution >= 0.6 is 0 Å². The van der Waals surface area contributed by atoms with Gasteiger partial charge in [-0.2, -0.15) is 5.10 Å². The van der Waals surface area contributed by atoms with Crippen LogP contribution in [0.3, 0.4) is 0 Å². The molecule has 0 bridgehead atoms. The molecular weight excluding hydrogens is 590 g/mol. The third-order valence-electron chi connectivity index (χ3n) is 7.28. The van der Waals surface area contributed by atoms with Crippen molar-refractivity contribution in [3.8, 4) is 11.5 Å². The summed E-state index contributed by atoms with van der Waals surface area (Å²) in [5.41, 5.74) is 8.84. The maximum Gasteiger partial charge on any atom is 0.317 e. The first-order chi connectivity index (χ1) is 22.0. The number of hydrogen-bond acceptors (Lipinski definition) is 8. The average molecular weight is 634 g/mol. The number of urea groups is 1. The standard InChI is InChI=1S/C32H43N9O5/c1-7-41-26(16-21(2)37-41)30(43)36-31-35-25-18-23(29(33)42)19-27(45-6)28(25)40(31)13-9-12-34-32(44)39(5)20-22-10-8-11-24(17-22)46-15-14-38(3)4/h8,10-11,16-19H,7,9,12-15,20H2,1-6H3,(H2,33,42)(H,34,44)(H,35,36,43). The molecule has 0 saturated carbocycles. The summed E-state index contributed by atoms with van der Waals surface area (Å²) >= 11 is 0. The summed E-state index contributed by atoms with van der Waals surface area (Å²) in [4.78, 5) is 46.5. The van der Waals surface area contributed by atoms with Crippen molar-refractivity contribution in [2.75, 3.05) is 53.3 Å². The molecule has 4 amide bonds. The first kappa shape index (κ1) is 33.8. The SMILES string of the molecule is CCn1nc(C)cc1C(=O)Nc1nc2cc(C(N)=O)cc(OC)c2n1CCCNC(=O)N(C)Cc1cccc(OCCN(C)C)c1. The van der Waals surface area contributed by atoms with E-state index in [-0.39, 0.29) is 23.5 Å². The van der Waals surface area contributed by atoms with E-state index in [1.54, 1.807) is 39.4 Å². The molecule has 0 aliphatic heterocycles. The van der Waals surface area contributed by atoms with Crippen LogP contribution in [0.5, 0.6) is 11.5 Å². The number of hydrogen-bond donors (Lipinski definition) is 3. The van der Waals surface area contributed by atoms with Gasteiger partial charge in [0.25, 0.3) is 5.91 Å². The number of methoxy groups -OCH3 is 1. The minimum Gasteiger partial charge on any atom is -0.494 e. The Morgan fingerprint density at radius 2 is 1.87 bits per heavy atom. The molecular formula is C32H43N9O5. The molecule has 0 aliphatic rings. The van der Waals surface area contributed by atoms with Gasteiger partial charge in [-0.1, -0.05) is 12.1 Å². The Bertz CT molecular complexity index is 1690. The molecule has 2 aromatic carbocycles. The van der Waals surface area contributed by atoms with E-state index in [2.05, 4.69) is 25.6 Å². The molecule has 46 heavy (non-hydrogen) atoms. The monoisotopic (exact) mass is 633 g/mol. The molecule has 14 heteroatoms. The Kier molecular flexibility index (Phi) is 11.2. The minimum atomic E-state index is -0.627. The fraction of sp³-hybridized carbons (Fsp3) is 0.406. The number of primary amides is 1. The lowest BCUT2D eigenvalue weighted by molar-refractivity contribution is 0.0995. The summed E-state index contributed by atoms with van der Waals surface area (Å²) in [5.74, 6) is 0.396. The van der Waals surface area contributed by atoms with Crippen LogP contribution in [0, 0.1) is 6.92 Å². The largest absolute Gasteiger partial charge is 0.494 e. The number of anilines is 1. The molecule has 4 rings (SSSR count). The first-order valence-corrected chi connectivity index (χ1v) is 15.1. The number of aryl methyl sites for hydroxylation is 3. The Morgan fingerprint density at radius 1 is 1.09 bits per heavy atom. The van der Waals surface area contributed by atoms with Crippen LogP contribution in [0.15, 0.2) is 42.5 Å². The highest BCUT2D eigenvalue weighted by molar-refractivity contribution is 6.04. The van der Waals surface area contributed by atoms with Crippen molar-refractivity contribution in [1.29, 1.82) is 0 Å². The van der Waals surface area contributed by atoms with Crippen LogP contribution in [0.1, 0.15) is 45.4 Å². The van der Waals surface area contributed by atoms with Crippen molar-refractivity contribution in [1.82, 2.24) is 34.4 Å². The smallest absolute Gasteiger partial charge is 0.317 e. The zero-order valence-corrected chi connectivity index (χ0v) is 27.3. The zero-order chi connectivity index (χ0) is 33.4. The van der Waals surface area contributed by atoms with Crippen molar-refractivity contribution in [2.45, 2.75) is 39.9 Å². The molecule has 0 unspecified atom stereocenters. The Balaban J connectivity index is 1.45. The minimum absolute atomic E-state index is 0.227. The van der Waals surface area contributed by atoms with Crippen LogP contribution in [0.4, 0.5) is 10.7 Å². The van der Waals surface area contributed by atoms with Gasteiger partial charge in [0.2, 0.25) is 11.9 Å². The van der Waals surface area contributed by atoms with E-state index in [4.69, 9.17) is 15.2 Å². The summed E-state index contributed by atoms with van der Waals surface area (Å²) in [7, 11) is 7.20. The van der Waals surface area contributed by atoms with E-state index in [0.717, 1.165) is 23.6 Å². The van der Waals surface area contributed by atoms with Crippen LogP contribution < -0.4 is 25.8 Å². The molecule has 4 N–H and O–H groups in total. The second kappa shape index (κ2) is 15.3. The number of amides is 4. The fourth-order valence-corrected chi connectivity index (χ4v) is 4.97. The number of fused-ring (bicyclic) bond motifs is 1. The Labute approximate surface area is 268 Å². The number of carbonyl (C=O) groups is 3. The Morgan fingerprint density at radius 3 is 2.57 bits per heavy atom. The molecule has 14 nitrogen and oxygen atoms in total. The van der Waals surface area contributed by atoms with Crippen LogP contribution in [0.2, 0.25) is 0 Å². The van der Waals surface area contributed by atoms with E-state index in [9.17, 15) is 14.4 Å². The van der Waals surface area contributed by atoms with Gasteiger partial charge in [-0.3, -0.25) is 19.6 Å². The van der Waals surface area contributed by atoms with Gasteiger partial charge in [-0.25, -0.2) is 9.78 Å². The molecule has 0 fully saturated rings. The van der Waals surface area contributed by atoms with Crippen LogP contribution in [-0.4, -0.2) is 94.9 Å². The van der Waals surface area contributed by atoms with Gasteiger partial charge in [0.1, 0.15) is 29.3 Å². The second-order valence-corrected chi connectivity index (χ2v) is 11.2. The number of benzene rings is 2. The van der Waals surface area contributed by atoms with Crippen molar-refractivity contribution in [2.24, 2.45) is 5.73 Å². The number of nitrogens with two attached hydrogens (primary N) is 1. The number of nitrogens with zero attached hydrogens (tertiary/aromatic N) is 6.